The van der Waals surface area contributed by atoms with Crippen LogP contribution in [0.15, 0.2) is 36.5 Å². The number of nitrogens with zero attached hydrogens (tertiary/aromatic N) is 1. The maximum absolute atomic E-state index is 11.6. The van der Waals surface area contributed by atoms with E-state index in [2.05, 4.69) is 4.98 Å². The van der Waals surface area contributed by atoms with E-state index < -0.39 is 0 Å². The van der Waals surface area contributed by atoms with Crippen molar-refractivity contribution in [3.63, 3.8) is 0 Å². The van der Waals surface area contributed by atoms with E-state index in [4.69, 9.17) is 0 Å². The smallest absolute Gasteiger partial charge is 0.140 e. The van der Waals surface area contributed by atoms with Crippen LogP contribution >= 0.6 is 0 Å². The molecule has 1 saturated carbocycles. The van der Waals surface area contributed by atoms with Gasteiger partial charge < -0.3 is 0 Å². The highest BCUT2D eigenvalue weighted by molar-refractivity contribution is 6.02. The van der Waals surface area contributed by atoms with Gasteiger partial charge in [0.15, 0.2) is 0 Å². The number of para-hydroxylation sites is 1. The summed E-state index contributed by atoms with van der Waals surface area (Å²) in [5.41, 5.74) is 1.99. The molecule has 3 heteroatoms. The Kier molecular flexibility index (Phi) is 2.67. The molecular formula is C15H13NO2. The van der Waals surface area contributed by atoms with Gasteiger partial charge in [-0.05, 0) is 23.6 Å². The second-order valence-corrected chi connectivity index (χ2v) is 4.78. The van der Waals surface area contributed by atoms with Crippen LogP contribution in [0.5, 0.6) is 0 Å². The van der Waals surface area contributed by atoms with Crippen LogP contribution in [-0.4, -0.2) is 16.6 Å². The van der Waals surface area contributed by atoms with Crippen LogP contribution in [0, 0.1) is 0 Å². The molecule has 90 valence electrons. The second-order valence-electron chi connectivity index (χ2n) is 4.78. The zero-order chi connectivity index (χ0) is 12.5. The van der Waals surface area contributed by atoms with Gasteiger partial charge in [-0.3, -0.25) is 14.6 Å². The summed E-state index contributed by atoms with van der Waals surface area (Å²) in [6, 6.07) is 9.78. The summed E-state index contributed by atoms with van der Waals surface area (Å²) < 4.78 is 0. The van der Waals surface area contributed by atoms with Crippen molar-refractivity contribution in [1.82, 2.24) is 4.98 Å². The van der Waals surface area contributed by atoms with Gasteiger partial charge in [-0.15, -0.1) is 0 Å². The maximum Gasteiger partial charge on any atom is 0.140 e. The average Bonchev–Trinajstić information content (AvgIpc) is 2.37. The highest BCUT2D eigenvalue weighted by atomic mass is 16.1. The third-order valence-corrected chi connectivity index (χ3v) is 3.47. The van der Waals surface area contributed by atoms with Gasteiger partial charge in [0.2, 0.25) is 0 Å². The highest BCUT2D eigenvalue weighted by Crippen LogP contribution is 2.33. The maximum atomic E-state index is 11.6. The molecule has 18 heavy (non-hydrogen) atoms. The molecule has 2 aromatic rings. The van der Waals surface area contributed by atoms with Crippen LogP contribution in [-0.2, 0) is 9.59 Å². The fourth-order valence-electron chi connectivity index (χ4n) is 2.68. The summed E-state index contributed by atoms with van der Waals surface area (Å²) in [6.07, 6.45) is 2.81. The molecule has 0 saturated heterocycles. The number of ketones is 2. The van der Waals surface area contributed by atoms with Gasteiger partial charge in [0.05, 0.1) is 11.9 Å². The predicted molar refractivity (Wildman–Crippen MR) is 68.3 cm³/mol. The first-order valence-electron chi connectivity index (χ1n) is 6.11. The van der Waals surface area contributed by atoms with E-state index in [1.165, 1.54) is 0 Å². The SMILES string of the molecule is O=C1CC(=O)CC(c2ccnc3ccccc23)C1. The van der Waals surface area contributed by atoms with E-state index in [0.29, 0.717) is 12.8 Å². The van der Waals surface area contributed by atoms with Crippen molar-refractivity contribution in [3.8, 4) is 0 Å². The van der Waals surface area contributed by atoms with Gasteiger partial charge in [-0.1, -0.05) is 18.2 Å². The number of benzene rings is 1. The Balaban J connectivity index is 2.08. The van der Waals surface area contributed by atoms with E-state index in [9.17, 15) is 9.59 Å². The Morgan fingerprint density at radius 2 is 1.72 bits per heavy atom. The summed E-state index contributed by atoms with van der Waals surface area (Å²) in [5.74, 6) is 0.126. The predicted octanol–water partition coefficient (Wildman–Crippen LogP) is 2.64. The molecule has 0 aliphatic heterocycles. The molecule has 1 fully saturated rings. The zero-order valence-electron chi connectivity index (χ0n) is 9.93. The van der Waals surface area contributed by atoms with E-state index in [0.717, 1.165) is 16.5 Å². The minimum absolute atomic E-state index is 0.0200. The third-order valence-electron chi connectivity index (χ3n) is 3.47. The molecule has 0 N–H and O–H groups in total. The molecule has 1 aromatic heterocycles. The van der Waals surface area contributed by atoms with Crippen molar-refractivity contribution < 1.29 is 9.59 Å². The van der Waals surface area contributed by atoms with Crippen LogP contribution in [0.2, 0.25) is 0 Å². The lowest BCUT2D eigenvalue weighted by Crippen LogP contribution is -2.21. The van der Waals surface area contributed by atoms with Gasteiger partial charge >= 0.3 is 0 Å². The first-order chi connectivity index (χ1) is 8.74. The first kappa shape index (κ1) is 11.1. The van der Waals surface area contributed by atoms with Crippen molar-refractivity contribution in [2.24, 2.45) is 0 Å². The fraction of sp³-hybridized carbons (Fsp3) is 0.267. The molecule has 0 bridgehead atoms. The monoisotopic (exact) mass is 239 g/mol. The van der Waals surface area contributed by atoms with Gasteiger partial charge in [0, 0.05) is 24.4 Å². The van der Waals surface area contributed by atoms with E-state index in [-0.39, 0.29) is 23.9 Å². The van der Waals surface area contributed by atoms with Crippen LogP contribution in [0.4, 0.5) is 0 Å². The number of hydrogen-bond acceptors (Lipinski definition) is 3. The Morgan fingerprint density at radius 3 is 2.50 bits per heavy atom. The topological polar surface area (TPSA) is 47.0 Å². The standard InChI is InChI=1S/C15H13NO2/c17-11-7-10(8-12(18)9-11)13-5-6-16-15-4-2-1-3-14(13)15/h1-6,10H,7-9H2. The zero-order valence-corrected chi connectivity index (χ0v) is 9.93. The lowest BCUT2D eigenvalue weighted by Gasteiger charge is -2.21. The fourth-order valence-corrected chi connectivity index (χ4v) is 2.68. The number of carbonyl (C=O) groups excluding carboxylic acids is 2. The van der Waals surface area contributed by atoms with Crippen molar-refractivity contribution >= 4 is 22.5 Å². The molecule has 1 aliphatic rings. The van der Waals surface area contributed by atoms with Crippen molar-refractivity contribution in [1.29, 1.82) is 0 Å². The van der Waals surface area contributed by atoms with Crippen molar-refractivity contribution in [3.05, 3.63) is 42.1 Å². The van der Waals surface area contributed by atoms with Crippen molar-refractivity contribution in [2.75, 3.05) is 0 Å². The molecule has 0 radical (unpaired) electrons. The number of rotatable bonds is 1. The molecule has 1 aliphatic carbocycles. The lowest BCUT2D eigenvalue weighted by atomic mass is 9.81. The largest absolute Gasteiger partial charge is 0.299 e. The quantitative estimate of drug-likeness (QED) is 0.719. The summed E-state index contributed by atoms with van der Waals surface area (Å²) in [6.45, 7) is 0. The number of aromatic nitrogens is 1. The molecule has 1 heterocycles. The Labute approximate surface area is 105 Å². The third kappa shape index (κ3) is 1.92. The Hall–Kier alpha value is -2.03. The minimum atomic E-state index is 0.0200. The molecule has 0 spiro atoms. The van der Waals surface area contributed by atoms with Gasteiger partial charge in [0.25, 0.3) is 0 Å². The highest BCUT2D eigenvalue weighted by Gasteiger charge is 2.27. The minimum Gasteiger partial charge on any atom is -0.299 e. The first-order valence-corrected chi connectivity index (χ1v) is 6.11. The van der Waals surface area contributed by atoms with Crippen LogP contribution < -0.4 is 0 Å². The molecule has 3 rings (SSSR count). The van der Waals surface area contributed by atoms with Crippen LogP contribution in [0.3, 0.4) is 0 Å². The molecule has 1 aromatic carbocycles. The van der Waals surface area contributed by atoms with E-state index in [1.54, 1.807) is 6.20 Å². The number of fused-ring (bicyclic) bond motifs is 1. The molecule has 0 atom stereocenters. The van der Waals surface area contributed by atoms with E-state index in [1.807, 2.05) is 30.3 Å². The normalized spacial score (nSPS) is 17.3. The van der Waals surface area contributed by atoms with Gasteiger partial charge in [-0.25, -0.2) is 0 Å². The van der Waals surface area contributed by atoms with E-state index >= 15 is 0 Å². The summed E-state index contributed by atoms with van der Waals surface area (Å²) in [4.78, 5) is 27.4. The molecular weight excluding hydrogens is 226 g/mol. The Bertz CT molecular complexity index is 612. The number of hydrogen-bond donors (Lipinski definition) is 0. The second kappa shape index (κ2) is 4.33. The van der Waals surface area contributed by atoms with Crippen LogP contribution in [0.25, 0.3) is 10.9 Å². The molecule has 3 nitrogen and oxygen atoms in total. The van der Waals surface area contributed by atoms with Crippen molar-refractivity contribution in [2.45, 2.75) is 25.2 Å². The summed E-state index contributed by atoms with van der Waals surface area (Å²) in [7, 11) is 0. The van der Waals surface area contributed by atoms with Gasteiger partial charge in [-0.2, -0.15) is 0 Å². The average molecular weight is 239 g/mol. The lowest BCUT2D eigenvalue weighted by molar-refractivity contribution is -0.130. The Morgan fingerprint density at radius 1 is 1.00 bits per heavy atom. The summed E-state index contributed by atoms with van der Waals surface area (Å²) in [5, 5.41) is 1.05. The number of Topliss-reactive ketones (excluding diaryl/α,β-unsaturated/α-hetero) is 2. The van der Waals surface area contributed by atoms with Gasteiger partial charge in [0.1, 0.15) is 11.6 Å². The van der Waals surface area contributed by atoms with Crippen LogP contribution in [0.1, 0.15) is 30.7 Å². The molecule has 0 unspecified atom stereocenters. The summed E-state index contributed by atoms with van der Waals surface area (Å²) >= 11 is 0. The number of pyridine rings is 1. The molecule has 0 amide bonds. The number of carbonyl (C=O) groups is 2.